The third-order valence-corrected chi connectivity index (χ3v) is 3.37. The first-order chi connectivity index (χ1) is 9.67. The lowest BCUT2D eigenvalue weighted by molar-refractivity contribution is -0.120. The van der Waals surface area contributed by atoms with Gasteiger partial charge in [-0.05, 0) is 30.7 Å². The van der Waals surface area contributed by atoms with Crippen LogP contribution in [-0.2, 0) is 11.2 Å². The molecule has 0 saturated carbocycles. The minimum absolute atomic E-state index is 0.0227. The quantitative estimate of drug-likeness (QED) is 0.860. The first-order valence-electron chi connectivity index (χ1n) is 6.41. The summed E-state index contributed by atoms with van der Waals surface area (Å²) in [5, 5.41) is 8.42. The highest BCUT2D eigenvalue weighted by Crippen LogP contribution is 2.21. The van der Waals surface area contributed by atoms with Crippen molar-refractivity contribution in [1.29, 1.82) is 0 Å². The Bertz CT molecular complexity index is 568. The molecule has 0 aliphatic rings. The lowest BCUT2D eigenvalue weighted by Gasteiger charge is -2.02. The van der Waals surface area contributed by atoms with Gasteiger partial charge in [-0.1, -0.05) is 6.92 Å². The zero-order valence-corrected chi connectivity index (χ0v) is 12.0. The van der Waals surface area contributed by atoms with Gasteiger partial charge in [0.1, 0.15) is 5.82 Å². The van der Waals surface area contributed by atoms with Crippen LogP contribution in [0.5, 0.6) is 0 Å². The van der Waals surface area contributed by atoms with E-state index in [9.17, 15) is 9.18 Å². The van der Waals surface area contributed by atoms with Gasteiger partial charge in [0.2, 0.25) is 5.91 Å². The Hall–Kier alpha value is -1.95. The van der Waals surface area contributed by atoms with Crippen LogP contribution < -0.4 is 10.6 Å². The highest BCUT2D eigenvalue weighted by molar-refractivity contribution is 7.13. The van der Waals surface area contributed by atoms with Crippen LogP contribution in [0.2, 0.25) is 0 Å². The highest BCUT2D eigenvalue weighted by atomic mass is 32.1. The molecule has 0 radical (unpaired) electrons. The molecule has 0 aliphatic carbocycles. The molecule has 2 N–H and O–H groups in total. The molecule has 0 fully saturated rings. The number of hydrogen-bond acceptors (Lipinski definition) is 4. The lowest BCUT2D eigenvalue weighted by atomic mass is 10.3. The molecule has 6 heteroatoms. The normalized spacial score (nSPS) is 10.3. The lowest BCUT2D eigenvalue weighted by Crippen LogP contribution is -2.25. The summed E-state index contributed by atoms with van der Waals surface area (Å²) in [4.78, 5) is 15.9. The van der Waals surface area contributed by atoms with Crippen LogP contribution in [0.4, 0.5) is 15.2 Å². The molecule has 0 bridgehead atoms. The number of carbonyl (C=O) groups is 1. The highest BCUT2D eigenvalue weighted by Gasteiger charge is 2.07. The summed E-state index contributed by atoms with van der Waals surface area (Å²) in [5.74, 6) is -0.298. The summed E-state index contributed by atoms with van der Waals surface area (Å²) in [5.41, 5.74) is 1.50. The van der Waals surface area contributed by atoms with E-state index in [0.29, 0.717) is 11.7 Å². The van der Waals surface area contributed by atoms with Crippen LogP contribution in [0, 0.1) is 5.82 Å². The van der Waals surface area contributed by atoms with E-state index < -0.39 is 0 Å². The zero-order valence-electron chi connectivity index (χ0n) is 11.1. The fourth-order valence-electron chi connectivity index (χ4n) is 1.59. The number of halogens is 1. The van der Waals surface area contributed by atoms with E-state index in [1.807, 2.05) is 12.3 Å². The Kier molecular flexibility index (Phi) is 5.06. The van der Waals surface area contributed by atoms with E-state index >= 15 is 0 Å². The summed E-state index contributed by atoms with van der Waals surface area (Å²) in [6.07, 6.45) is 1.20. The fourth-order valence-corrected chi connectivity index (χ4v) is 2.32. The van der Waals surface area contributed by atoms with Crippen molar-refractivity contribution >= 4 is 28.1 Å². The van der Waals surface area contributed by atoms with E-state index in [-0.39, 0.29) is 18.1 Å². The van der Waals surface area contributed by atoms with E-state index in [4.69, 9.17) is 0 Å². The van der Waals surface area contributed by atoms with Crippen LogP contribution in [0.25, 0.3) is 0 Å². The molecule has 0 aliphatic heterocycles. The van der Waals surface area contributed by atoms with Gasteiger partial charge < -0.3 is 10.6 Å². The molecule has 4 nitrogen and oxygen atoms in total. The molecule has 0 unspecified atom stereocenters. The SMILES string of the molecule is CCCNC(=O)Cc1csc(Nc2ccc(F)cc2)n1. The van der Waals surface area contributed by atoms with E-state index in [0.717, 1.165) is 17.8 Å². The number of benzene rings is 1. The van der Waals surface area contributed by atoms with Gasteiger partial charge in [0.05, 0.1) is 12.1 Å². The summed E-state index contributed by atoms with van der Waals surface area (Å²) in [6.45, 7) is 2.69. The molecule has 0 saturated heterocycles. The number of aromatic nitrogens is 1. The topological polar surface area (TPSA) is 54.0 Å². The molecule has 1 heterocycles. The summed E-state index contributed by atoms with van der Waals surface area (Å²) in [6, 6.07) is 6.05. The van der Waals surface area contributed by atoms with Crippen LogP contribution >= 0.6 is 11.3 Å². The Morgan fingerprint density at radius 3 is 2.80 bits per heavy atom. The molecule has 0 atom stereocenters. The van der Waals surface area contributed by atoms with Crippen molar-refractivity contribution in [2.75, 3.05) is 11.9 Å². The maximum Gasteiger partial charge on any atom is 0.226 e. The Morgan fingerprint density at radius 2 is 2.10 bits per heavy atom. The number of nitrogens with zero attached hydrogens (tertiary/aromatic N) is 1. The maximum atomic E-state index is 12.8. The molecule has 20 heavy (non-hydrogen) atoms. The number of hydrogen-bond donors (Lipinski definition) is 2. The minimum atomic E-state index is -0.275. The molecule has 2 aromatic rings. The van der Waals surface area contributed by atoms with Crippen molar-refractivity contribution < 1.29 is 9.18 Å². The summed E-state index contributed by atoms with van der Waals surface area (Å²) < 4.78 is 12.8. The third-order valence-electron chi connectivity index (χ3n) is 2.56. The fraction of sp³-hybridized carbons (Fsp3) is 0.286. The second kappa shape index (κ2) is 7.00. The maximum absolute atomic E-state index is 12.8. The van der Waals surface area contributed by atoms with Crippen molar-refractivity contribution in [3.63, 3.8) is 0 Å². The molecule has 1 amide bonds. The Balaban J connectivity index is 1.91. The molecule has 1 aromatic heterocycles. The first kappa shape index (κ1) is 14.5. The van der Waals surface area contributed by atoms with Crippen molar-refractivity contribution in [3.8, 4) is 0 Å². The standard InChI is InChI=1S/C14H16FN3OS/c1-2-7-16-13(19)8-12-9-20-14(18-12)17-11-5-3-10(15)4-6-11/h3-6,9H,2,7-8H2,1H3,(H,16,19)(H,17,18). The van der Waals surface area contributed by atoms with E-state index in [1.165, 1.54) is 23.5 Å². The number of rotatable bonds is 6. The Morgan fingerprint density at radius 1 is 1.35 bits per heavy atom. The first-order valence-corrected chi connectivity index (χ1v) is 7.29. The van der Waals surface area contributed by atoms with Gasteiger partial charge in [-0.15, -0.1) is 11.3 Å². The van der Waals surface area contributed by atoms with Gasteiger partial charge in [-0.3, -0.25) is 4.79 Å². The van der Waals surface area contributed by atoms with Gasteiger partial charge in [0, 0.05) is 17.6 Å². The number of nitrogens with one attached hydrogen (secondary N) is 2. The minimum Gasteiger partial charge on any atom is -0.356 e. The molecule has 0 spiro atoms. The van der Waals surface area contributed by atoms with Crippen LogP contribution in [0.15, 0.2) is 29.6 Å². The largest absolute Gasteiger partial charge is 0.356 e. The second-order valence-corrected chi connectivity index (χ2v) is 5.16. The van der Waals surface area contributed by atoms with Crippen molar-refractivity contribution in [2.45, 2.75) is 19.8 Å². The van der Waals surface area contributed by atoms with E-state index in [2.05, 4.69) is 15.6 Å². The van der Waals surface area contributed by atoms with E-state index in [1.54, 1.807) is 12.1 Å². The second-order valence-electron chi connectivity index (χ2n) is 4.30. The van der Waals surface area contributed by atoms with Crippen molar-refractivity contribution in [2.24, 2.45) is 0 Å². The predicted molar refractivity (Wildman–Crippen MR) is 78.8 cm³/mol. The smallest absolute Gasteiger partial charge is 0.226 e. The molecule has 2 rings (SSSR count). The average Bonchev–Trinajstić information content (AvgIpc) is 2.86. The predicted octanol–water partition coefficient (Wildman–Crippen LogP) is 3.09. The molecular formula is C14H16FN3OS. The van der Waals surface area contributed by atoms with Crippen LogP contribution in [0.3, 0.4) is 0 Å². The number of amides is 1. The molecule has 106 valence electrons. The summed E-state index contributed by atoms with van der Waals surface area (Å²) in [7, 11) is 0. The number of thiazole rings is 1. The van der Waals surface area contributed by atoms with Gasteiger partial charge in [0.25, 0.3) is 0 Å². The summed E-state index contributed by atoms with van der Waals surface area (Å²) >= 11 is 1.42. The van der Waals surface area contributed by atoms with Gasteiger partial charge in [0.15, 0.2) is 5.13 Å². The van der Waals surface area contributed by atoms with Gasteiger partial charge in [-0.25, -0.2) is 9.37 Å². The van der Waals surface area contributed by atoms with Gasteiger partial charge in [-0.2, -0.15) is 0 Å². The molecular weight excluding hydrogens is 277 g/mol. The zero-order chi connectivity index (χ0) is 14.4. The number of carbonyl (C=O) groups excluding carboxylic acids is 1. The van der Waals surface area contributed by atoms with Gasteiger partial charge >= 0.3 is 0 Å². The van der Waals surface area contributed by atoms with Crippen molar-refractivity contribution in [3.05, 3.63) is 41.2 Å². The van der Waals surface area contributed by atoms with Crippen molar-refractivity contribution in [1.82, 2.24) is 10.3 Å². The number of anilines is 2. The molecule has 1 aromatic carbocycles. The third kappa shape index (κ3) is 4.31. The Labute approximate surface area is 121 Å². The van der Waals surface area contributed by atoms with Crippen LogP contribution in [0.1, 0.15) is 19.0 Å². The van der Waals surface area contributed by atoms with Crippen LogP contribution in [-0.4, -0.2) is 17.4 Å². The monoisotopic (exact) mass is 293 g/mol. The average molecular weight is 293 g/mol.